The van der Waals surface area contributed by atoms with Crippen LogP contribution in [0.2, 0.25) is 0 Å². The predicted molar refractivity (Wildman–Crippen MR) is 64.2 cm³/mol. The molecule has 3 heteroatoms. The monoisotopic (exact) mass is 225 g/mol. The summed E-state index contributed by atoms with van der Waals surface area (Å²) >= 11 is 1.73. The highest BCUT2D eigenvalue weighted by molar-refractivity contribution is 7.07. The van der Waals surface area contributed by atoms with Gasteiger partial charge in [-0.3, -0.25) is 0 Å². The Morgan fingerprint density at radius 1 is 1.60 bits per heavy atom. The zero-order valence-electron chi connectivity index (χ0n) is 8.98. The largest absolute Gasteiger partial charge is 0.393 e. The van der Waals surface area contributed by atoms with Gasteiger partial charge in [-0.2, -0.15) is 11.3 Å². The predicted octanol–water partition coefficient (Wildman–Crippen LogP) is 2.04. The molecule has 84 valence electrons. The lowest BCUT2D eigenvalue weighted by Gasteiger charge is -2.27. The Morgan fingerprint density at radius 2 is 2.53 bits per heavy atom. The molecule has 2 heterocycles. The van der Waals surface area contributed by atoms with Crippen molar-refractivity contribution in [1.29, 1.82) is 0 Å². The molecule has 2 unspecified atom stereocenters. The van der Waals surface area contributed by atoms with Crippen LogP contribution in [0.4, 0.5) is 0 Å². The summed E-state index contributed by atoms with van der Waals surface area (Å²) in [5, 5.41) is 17.7. The molecule has 1 aromatic rings. The Bertz CT molecular complexity index is 267. The first-order chi connectivity index (χ1) is 7.36. The Hall–Kier alpha value is -0.380. The Morgan fingerprint density at radius 3 is 3.20 bits per heavy atom. The van der Waals surface area contributed by atoms with Gasteiger partial charge in [-0.15, -0.1) is 0 Å². The first kappa shape index (κ1) is 11.1. The summed E-state index contributed by atoms with van der Waals surface area (Å²) in [7, 11) is 0. The van der Waals surface area contributed by atoms with E-state index >= 15 is 0 Å². The van der Waals surface area contributed by atoms with Crippen molar-refractivity contribution < 1.29 is 5.11 Å². The zero-order valence-corrected chi connectivity index (χ0v) is 9.80. The summed E-state index contributed by atoms with van der Waals surface area (Å²) in [4.78, 5) is 0. The Balaban J connectivity index is 1.74. The van der Waals surface area contributed by atoms with E-state index in [0.29, 0.717) is 5.92 Å². The number of aliphatic hydroxyl groups excluding tert-OH is 1. The molecule has 2 rings (SSSR count). The molecule has 0 aliphatic carbocycles. The molecule has 2 nitrogen and oxygen atoms in total. The van der Waals surface area contributed by atoms with E-state index in [1.807, 2.05) is 0 Å². The molecular formula is C12H19NOS. The van der Waals surface area contributed by atoms with Gasteiger partial charge in [0.25, 0.3) is 0 Å². The first-order valence-electron chi connectivity index (χ1n) is 5.76. The number of thiophene rings is 1. The summed E-state index contributed by atoms with van der Waals surface area (Å²) < 4.78 is 0. The summed E-state index contributed by atoms with van der Waals surface area (Å²) in [5.74, 6) is 0.470. The van der Waals surface area contributed by atoms with E-state index in [-0.39, 0.29) is 6.10 Å². The second kappa shape index (κ2) is 5.64. The van der Waals surface area contributed by atoms with E-state index in [1.165, 1.54) is 18.4 Å². The molecule has 0 spiro atoms. The minimum absolute atomic E-state index is 0.127. The van der Waals surface area contributed by atoms with Crippen molar-refractivity contribution in [2.75, 3.05) is 13.1 Å². The van der Waals surface area contributed by atoms with Gasteiger partial charge in [0.05, 0.1) is 6.10 Å². The van der Waals surface area contributed by atoms with Crippen LogP contribution in [-0.4, -0.2) is 24.3 Å². The van der Waals surface area contributed by atoms with E-state index in [9.17, 15) is 5.11 Å². The summed E-state index contributed by atoms with van der Waals surface area (Å²) in [6, 6.07) is 2.15. The molecule has 1 aliphatic rings. The van der Waals surface area contributed by atoms with Crippen molar-refractivity contribution in [3.05, 3.63) is 22.4 Å². The maximum atomic E-state index is 10.0. The minimum atomic E-state index is -0.127. The third kappa shape index (κ3) is 3.30. The van der Waals surface area contributed by atoms with Crippen molar-refractivity contribution in [3.63, 3.8) is 0 Å². The smallest absolute Gasteiger partial charge is 0.0583 e. The molecule has 2 atom stereocenters. The van der Waals surface area contributed by atoms with Crippen molar-refractivity contribution in [2.45, 2.75) is 31.8 Å². The van der Waals surface area contributed by atoms with Gasteiger partial charge in [0.1, 0.15) is 0 Å². The van der Waals surface area contributed by atoms with Crippen LogP contribution in [0.15, 0.2) is 16.8 Å². The van der Waals surface area contributed by atoms with Crippen LogP contribution in [0, 0.1) is 5.92 Å². The van der Waals surface area contributed by atoms with Crippen LogP contribution in [0.5, 0.6) is 0 Å². The fraction of sp³-hybridized carbons (Fsp3) is 0.667. The third-order valence-corrected chi connectivity index (χ3v) is 3.92. The number of nitrogens with one attached hydrogen (secondary N) is 1. The van der Waals surface area contributed by atoms with Crippen LogP contribution in [0.3, 0.4) is 0 Å². The zero-order chi connectivity index (χ0) is 10.5. The van der Waals surface area contributed by atoms with Crippen LogP contribution >= 0.6 is 11.3 Å². The molecule has 0 radical (unpaired) electrons. The minimum Gasteiger partial charge on any atom is -0.393 e. The normalized spacial score (nSPS) is 23.9. The summed E-state index contributed by atoms with van der Waals surface area (Å²) in [6.07, 6.45) is 4.18. The molecule has 0 saturated carbocycles. The van der Waals surface area contributed by atoms with Crippen molar-refractivity contribution in [3.8, 4) is 0 Å². The number of aryl methyl sites for hydroxylation is 1. The standard InChI is InChI=1S/C12H19NOS/c14-12(11-2-1-6-13-8-11)4-3-10-5-7-15-9-10/h5,7,9,11-14H,1-4,6,8H2. The fourth-order valence-electron chi connectivity index (χ4n) is 2.19. The number of hydrogen-bond acceptors (Lipinski definition) is 3. The van der Waals surface area contributed by atoms with E-state index in [0.717, 1.165) is 25.9 Å². The number of hydrogen-bond donors (Lipinski definition) is 2. The van der Waals surface area contributed by atoms with Gasteiger partial charge in [0.2, 0.25) is 0 Å². The lowest BCUT2D eigenvalue weighted by molar-refractivity contribution is 0.0844. The van der Waals surface area contributed by atoms with Gasteiger partial charge in [0.15, 0.2) is 0 Å². The van der Waals surface area contributed by atoms with Gasteiger partial charge >= 0.3 is 0 Å². The van der Waals surface area contributed by atoms with Crippen LogP contribution in [0.25, 0.3) is 0 Å². The second-order valence-electron chi connectivity index (χ2n) is 4.34. The topological polar surface area (TPSA) is 32.3 Å². The molecule has 1 aliphatic heterocycles. The molecular weight excluding hydrogens is 206 g/mol. The maximum Gasteiger partial charge on any atom is 0.0583 e. The number of aliphatic hydroxyl groups is 1. The van der Waals surface area contributed by atoms with Crippen LogP contribution in [-0.2, 0) is 6.42 Å². The highest BCUT2D eigenvalue weighted by atomic mass is 32.1. The lowest BCUT2D eigenvalue weighted by atomic mass is 9.90. The Labute approximate surface area is 95.3 Å². The molecule has 2 N–H and O–H groups in total. The van der Waals surface area contributed by atoms with Crippen LogP contribution in [0.1, 0.15) is 24.8 Å². The van der Waals surface area contributed by atoms with E-state index < -0.39 is 0 Å². The summed E-state index contributed by atoms with van der Waals surface area (Å²) in [6.45, 7) is 2.11. The maximum absolute atomic E-state index is 10.0. The van der Waals surface area contributed by atoms with Gasteiger partial charge < -0.3 is 10.4 Å². The van der Waals surface area contributed by atoms with Crippen molar-refractivity contribution in [2.24, 2.45) is 5.92 Å². The van der Waals surface area contributed by atoms with E-state index in [4.69, 9.17) is 0 Å². The second-order valence-corrected chi connectivity index (χ2v) is 5.12. The molecule has 0 aromatic carbocycles. The number of rotatable bonds is 4. The summed E-state index contributed by atoms with van der Waals surface area (Å²) in [5.41, 5.74) is 1.36. The average molecular weight is 225 g/mol. The van der Waals surface area contributed by atoms with E-state index in [2.05, 4.69) is 22.1 Å². The highest BCUT2D eigenvalue weighted by Gasteiger charge is 2.20. The molecule has 1 fully saturated rings. The first-order valence-corrected chi connectivity index (χ1v) is 6.70. The van der Waals surface area contributed by atoms with Gasteiger partial charge in [0, 0.05) is 6.54 Å². The van der Waals surface area contributed by atoms with Gasteiger partial charge in [-0.05, 0) is 60.5 Å². The molecule has 15 heavy (non-hydrogen) atoms. The van der Waals surface area contributed by atoms with E-state index in [1.54, 1.807) is 11.3 Å². The SMILES string of the molecule is OC(CCc1ccsc1)C1CCCNC1. The van der Waals surface area contributed by atoms with Crippen molar-refractivity contribution in [1.82, 2.24) is 5.32 Å². The molecule has 1 aromatic heterocycles. The molecule has 0 bridgehead atoms. The van der Waals surface area contributed by atoms with Crippen molar-refractivity contribution >= 4 is 11.3 Å². The quantitative estimate of drug-likeness (QED) is 0.822. The lowest BCUT2D eigenvalue weighted by Crippen LogP contribution is -2.36. The fourth-order valence-corrected chi connectivity index (χ4v) is 2.90. The molecule has 1 saturated heterocycles. The van der Waals surface area contributed by atoms with Gasteiger partial charge in [-0.25, -0.2) is 0 Å². The Kier molecular flexibility index (Phi) is 4.18. The third-order valence-electron chi connectivity index (χ3n) is 3.19. The average Bonchev–Trinajstić information content (AvgIpc) is 2.80. The molecule has 0 amide bonds. The van der Waals surface area contributed by atoms with Gasteiger partial charge in [-0.1, -0.05) is 0 Å². The number of piperidine rings is 1. The van der Waals surface area contributed by atoms with Crippen LogP contribution < -0.4 is 5.32 Å². The highest BCUT2D eigenvalue weighted by Crippen LogP contribution is 2.19.